The molecule has 3 saturated heterocycles. The Bertz CT molecular complexity index is 1570. The number of aromatic carboxylic acids is 1. The zero-order valence-corrected chi connectivity index (χ0v) is 20.9. The Morgan fingerprint density at radius 2 is 1.63 bits per heavy atom. The molecule has 0 saturated carbocycles. The van der Waals surface area contributed by atoms with E-state index in [1.807, 2.05) is 30.3 Å². The molecule has 3 aliphatic heterocycles. The van der Waals surface area contributed by atoms with Crippen LogP contribution in [0.15, 0.2) is 63.9 Å². The molecule has 9 nitrogen and oxygen atoms in total. The first kappa shape index (κ1) is 23.0. The second kappa shape index (κ2) is 9.02. The highest BCUT2D eigenvalue weighted by Crippen LogP contribution is 2.34. The van der Waals surface area contributed by atoms with Crippen molar-refractivity contribution in [3.05, 3.63) is 70.5 Å². The molecule has 2 aromatic heterocycles. The number of carbonyl (C=O) groups is 1. The summed E-state index contributed by atoms with van der Waals surface area (Å²) in [4.78, 5) is 33.8. The Morgan fingerprint density at radius 3 is 2.34 bits per heavy atom. The number of aromatic nitrogens is 2. The van der Waals surface area contributed by atoms with Crippen LogP contribution in [-0.4, -0.2) is 60.0 Å². The minimum atomic E-state index is -1.26. The van der Waals surface area contributed by atoms with Gasteiger partial charge >= 0.3 is 5.97 Å². The van der Waals surface area contributed by atoms with Gasteiger partial charge in [-0.1, -0.05) is 12.1 Å². The van der Waals surface area contributed by atoms with Gasteiger partial charge in [0.05, 0.1) is 18.9 Å². The van der Waals surface area contributed by atoms with Crippen molar-refractivity contribution in [2.75, 3.05) is 49.2 Å². The lowest BCUT2D eigenvalue weighted by Crippen LogP contribution is -2.22. The van der Waals surface area contributed by atoms with Gasteiger partial charge in [-0.2, -0.15) is 4.98 Å². The minimum absolute atomic E-state index is 0.286. The molecule has 2 aromatic carbocycles. The zero-order valence-electron chi connectivity index (χ0n) is 20.9. The summed E-state index contributed by atoms with van der Waals surface area (Å²) in [5, 5.41) is 9.66. The molecule has 38 heavy (non-hydrogen) atoms. The molecular formula is C29H28N4O5. The average Bonchev–Trinajstić information content (AvgIpc) is 3.72. The highest BCUT2D eigenvalue weighted by molar-refractivity contribution is 5.88. The van der Waals surface area contributed by atoms with E-state index in [0.717, 1.165) is 56.2 Å². The van der Waals surface area contributed by atoms with E-state index < -0.39 is 11.4 Å². The zero-order chi connectivity index (χ0) is 25.8. The summed E-state index contributed by atoms with van der Waals surface area (Å²) < 4.78 is 13.5. The number of fused-ring (bicyclic) bond motifs is 2. The van der Waals surface area contributed by atoms with E-state index in [1.165, 1.54) is 25.1 Å². The molecule has 3 aliphatic rings. The quantitative estimate of drug-likeness (QED) is 0.428. The van der Waals surface area contributed by atoms with Gasteiger partial charge in [-0.25, -0.2) is 4.79 Å². The minimum Gasteiger partial charge on any atom is -0.477 e. The molecule has 0 radical (unpaired) electrons. The molecule has 0 bridgehead atoms. The van der Waals surface area contributed by atoms with Crippen molar-refractivity contribution in [1.82, 2.24) is 9.55 Å². The number of benzene rings is 2. The Labute approximate surface area is 218 Å². The normalized spacial score (nSPS) is 20.9. The first-order valence-electron chi connectivity index (χ1n) is 13.1. The Hall–Kier alpha value is -4.11. The summed E-state index contributed by atoms with van der Waals surface area (Å²) in [5.41, 5.74) is 3.80. The molecule has 5 heterocycles. The van der Waals surface area contributed by atoms with Crippen molar-refractivity contribution in [3.8, 4) is 16.9 Å². The van der Waals surface area contributed by atoms with Gasteiger partial charge in [-0.15, -0.1) is 0 Å². The summed E-state index contributed by atoms with van der Waals surface area (Å²) in [6.07, 6.45) is 3.78. The maximum atomic E-state index is 12.7. The Kier molecular flexibility index (Phi) is 5.47. The first-order chi connectivity index (χ1) is 18.5. The second-order valence-corrected chi connectivity index (χ2v) is 10.5. The molecule has 0 amide bonds. The third-order valence-electron chi connectivity index (χ3n) is 8.07. The largest absolute Gasteiger partial charge is 0.477 e. The van der Waals surface area contributed by atoms with Crippen LogP contribution in [0.25, 0.3) is 28.0 Å². The molecule has 9 heteroatoms. The van der Waals surface area contributed by atoms with Crippen LogP contribution in [0.1, 0.15) is 23.2 Å². The van der Waals surface area contributed by atoms with Crippen LogP contribution < -0.4 is 15.2 Å². The van der Waals surface area contributed by atoms with E-state index in [1.54, 1.807) is 4.57 Å². The number of nitrogens with zero attached hydrogens (tertiary/aromatic N) is 4. The van der Waals surface area contributed by atoms with Crippen LogP contribution in [0.3, 0.4) is 0 Å². The first-order valence-corrected chi connectivity index (χ1v) is 13.1. The molecule has 2 unspecified atom stereocenters. The summed E-state index contributed by atoms with van der Waals surface area (Å²) in [6.45, 7) is 5.39. The van der Waals surface area contributed by atoms with Gasteiger partial charge < -0.3 is 28.6 Å². The van der Waals surface area contributed by atoms with Crippen LogP contribution in [0, 0.1) is 11.8 Å². The van der Waals surface area contributed by atoms with Gasteiger partial charge in [-0.05, 0) is 42.7 Å². The van der Waals surface area contributed by atoms with Gasteiger partial charge in [0.1, 0.15) is 11.1 Å². The number of anilines is 2. The lowest BCUT2D eigenvalue weighted by atomic mass is 10.0. The highest BCUT2D eigenvalue weighted by atomic mass is 16.5. The van der Waals surface area contributed by atoms with Crippen molar-refractivity contribution in [2.24, 2.45) is 11.8 Å². The van der Waals surface area contributed by atoms with Crippen LogP contribution in [0.4, 0.5) is 11.7 Å². The molecule has 0 spiro atoms. The predicted molar refractivity (Wildman–Crippen MR) is 143 cm³/mol. The van der Waals surface area contributed by atoms with E-state index in [2.05, 4.69) is 21.9 Å². The van der Waals surface area contributed by atoms with E-state index >= 15 is 0 Å². The number of oxazole rings is 1. The van der Waals surface area contributed by atoms with Crippen molar-refractivity contribution < 1.29 is 19.1 Å². The number of rotatable bonds is 5. The molecule has 7 rings (SSSR count). The van der Waals surface area contributed by atoms with Gasteiger partial charge in [0, 0.05) is 67.7 Å². The van der Waals surface area contributed by atoms with Gasteiger partial charge in [0.25, 0.3) is 6.01 Å². The topological polar surface area (TPSA) is 101 Å². The molecule has 1 N–H and O–H groups in total. The fraction of sp³-hybridized carbons (Fsp3) is 0.345. The SMILES string of the molecule is O=C(O)c1cn(-c2ccc3nc(N4CC5COCC5C4)oc3c2)c(-c2ccc(N3CCCC3)cc2)cc1=O. The van der Waals surface area contributed by atoms with Crippen LogP contribution in [0.2, 0.25) is 0 Å². The summed E-state index contributed by atoms with van der Waals surface area (Å²) in [5.74, 6) is -0.238. The van der Waals surface area contributed by atoms with Crippen molar-refractivity contribution in [1.29, 1.82) is 0 Å². The third kappa shape index (κ3) is 3.94. The highest BCUT2D eigenvalue weighted by Gasteiger charge is 2.38. The summed E-state index contributed by atoms with van der Waals surface area (Å²) in [6, 6.07) is 15.7. The number of ether oxygens (including phenoxy) is 1. The molecule has 2 atom stereocenters. The lowest BCUT2D eigenvalue weighted by molar-refractivity contribution is 0.0695. The van der Waals surface area contributed by atoms with Gasteiger partial charge in [0.2, 0.25) is 0 Å². The maximum Gasteiger partial charge on any atom is 0.341 e. The second-order valence-electron chi connectivity index (χ2n) is 10.5. The van der Waals surface area contributed by atoms with E-state index in [-0.39, 0.29) is 5.56 Å². The van der Waals surface area contributed by atoms with Crippen molar-refractivity contribution in [2.45, 2.75) is 12.8 Å². The number of hydrogen-bond donors (Lipinski definition) is 1. The number of carboxylic acid groups (broad SMARTS) is 1. The average molecular weight is 513 g/mol. The van der Waals surface area contributed by atoms with Crippen LogP contribution >= 0.6 is 0 Å². The molecule has 194 valence electrons. The van der Waals surface area contributed by atoms with Crippen LogP contribution in [0.5, 0.6) is 0 Å². The van der Waals surface area contributed by atoms with E-state index in [9.17, 15) is 14.7 Å². The molecular weight excluding hydrogens is 484 g/mol. The van der Waals surface area contributed by atoms with Gasteiger partial charge in [-0.3, -0.25) is 4.79 Å². The lowest BCUT2D eigenvalue weighted by Gasteiger charge is -2.19. The summed E-state index contributed by atoms with van der Waals surface area (Å²) in [7, 11) is 0. The molecule has 3 fully saturated rings. The third-order valence-corrected chi connectivity index (χ3v) is 8.07. The fourth-order valence-electron chi connectivity index (χ4n) is 5.98. The van der Waals surface area contributed by atoms with Crippen molar-refractivity contribution >= 4 is 28.8 Å². The number of carboxylic acids is 1. The molecule has 0 aliphatic carbocycles. The maximum absolute atomic E-state index is 12.7. The summed E-state index contributed by atoms with van der Waals surface area (Å²) >= 11 is 0. The predicted octanol–water partition coefficient (Wildman–Crippen LogP) is 4.03. The van der Waals surface area contributed by atoms with E-state index in [0.29, 0.717) is 34.8 Å². The number of hydrogen-bond acceptors (Lipinski definition) is 7. The standard InChI is InChI=1S/C29H28N4O5/c34-26-12-25(18-3-5-21(6-4-18)31-9-1-2-10-31)33(15-23(26)28(35)36)22-7-8-24-27(11-22)38-29(30-24)32-13-19-16-37-17-20(19)14-32/h3-8,11-12,15,19-20H,1-2,9-10,13-14,16-17H2,(H,35,36). The Morgan fingerprint density at radius 1 is 0.921 bits per heavy atom. The van der Waals surface area contributed by atoms with Gasteiger partial charge in [0.15, 0.2) is 11.0 Å². The smallest absolute Gasteiger partial charge is 0.341 e. The van der Waals surface area contributed by atoms with Crippen molar-refractivity contribution in [3.63, 3.8) is 0 Å². The number of pyridine rings is 1. The molecule has 4 aromatic rings. The van der Waals surface area contributed by atoms with E-state index in [4.69, 9.17) is 14.1 Å². The monoisotopic (exact) mass is 512 g/mol. The Balaban J connectivity index is 1.28. The van der Waals surface area contributed by atoms with Crippen LogP contribution in [-0.2, 0) is 4.74 Å². The fourth-order valence-corrected chi connectivity index (χ4v) is 5.98.